The van der Waals surface area contributed by atoms with Crippen molar-refractivity contribution in [2.75, 3.05) is 26.2 Å². The van der Waals surface area contributed by atoms with Crippen molar-refractivity contribution in [1.82, 2.24) is 10.2 Å². The van der Waals surface area contributed by atoms with Crippen LogP contribution in [0, 0.1) is 5.92 Å². The number of nitrogens with zero attached hydrogens (tertiary/aromatic N) is 1. The van der Waals surface area contributed by atoms with E-state index in [4.69, 9.17) is 11.6 Å². The van der Waals surface area contributed by atoms with E-state index in [0.717, 1.165) is 31.2 Å². The Balaban J connectivity index is 2.15. The Bertz CT molecular complexity index is 355. The number of piperazine rings is 1. The maximum Gasteiger partial charge on any atom is 0.0406 e. The quantitative estimate of drug-likeness (QED) is 0.899. The fourth-order valence-corrected chi connectivity index (χ4v) is 2.75. The summed E-state index contributed by atoms with van der Waals surface area (Å²) in [5.41, 5.74) is 1.40. The molecule has 1 saturated heterocycles. The summed E-state index contributed by atoms with van der Waals surface area (Å²) in [6, 6.07) is 8.90. The Morgan fingerprint density at radius 2 is 1.78 bits per heavy atom. The van der Waals surface area contributed by atoms with Gasteiger partial charge in [-0.05, 0) is 30.0 Å². The summed E-state index contributed by atoms with van der Waals surface area (Å²) in [4.78, 5) is 2.60. The Hall–Kier alpha value is -0.570. The van der Waals surface area contributed by atoms with Crippen molar-refractivity contribution < 1.29 is 0 Å². The molecule has 18 heavy (non-hydrogen) atoms. The van der Waals surface area contributed by atoms with Crippen LogP contribution in [0.1, 0.15) is 31.9 Å². The number of benzene rings is 1. The summed E-state index contributed by atoms with van der Waals surface area (Å²) < 4.78 is 0. The van der Waals surface area contributed by atoms with Crippen LogP contribution >= 0.6 is 11.6 Å². The first-order chi connectivity index (χ1) is 8.66. The topological polar surface area (TPSA) is 15.3 Å². The Kier molecular flexibility index (Phi) is 5.04. The largest absolute Gasteiger partial charge is 0.314 e. The zero-order valence-corrected chi connectivity index (χ0v) is 12.1. The van der Waals surface area contributed by atoms with Crippen LogP contribution < -0.4 is 5.32 Å². The molecule has 1 aromatic carbocycles. The average Bonchev–Trinajstić information content (AvgIpc) is 2.38. The van der Waals surface area contributed by atoms with Crippen LogP contribution in [-0.4, -0.2) is 31.1 Å². The minimum Gasteiger partial charge on any atom is -0.314 e. The normalized spacial score (nSPS) is 19.1. The summed E-state index contributed by atoms with van der Waals surface area (Å²) in [7, 11) is 0. The highest BCUT2D eigenvalue weighted by Crippen LogP contribution is 2.28. The smallest absolute Gasteiger partial charge is 0.0406 e. The van der Waals surface area contributed by atoms with Crippen LogP contribution in [0.5, 0.6) is 0 Å². The van der Waals surface area contributed by atoms with Gasteiger partial charge in [0.1, 0.15) is 0 Å². The summed E-state index contributed by atoms with van der Waals surface area (Å²) in [6.45, 7) is 9.07. The second-order valence-electron chi connectivity index (χ2n) is 5.48. The third kappa shape index (κ3) is 3.71. The molecule has 3 heteroatoms. The predicted octanol–water partition coefficient (Wildman–Crippen LogP) is 3.33. The molecule has 0 radical (unpaired) electrons. The van der Waals surface area contributed by atoms with Crippen LogP contribution in [0.4, 0.5) is 0 Å². The van der Waals surface area contributed by atoms with Crippen LogP contribution in [0.2, 0.25) is 5.02 Å². The van der Waals surface area contributed by atoms with E-state index in [1.54, 1.807) is 0 Å². The predicted molar refractivity (Wildman–Crippen MR) is 78.1 cm³/mol. The van der Waals surface area contributed by atoms with E-state index in [1.807, 2.05) is 12.1 Å². The molecule has 0 bridgehead atoms. The zero-order chi connectivity index (χ0) is 13.0. The zero-order valence-electron chi connectivity index (χ0n) is 11.3. The summed E-state index contributed by atoms with van der Waals surface area (Å²) >= 11 is 5.98. The van der Waals surface area contributed by atoms with E-state index in [0.29, 0.717) is 12.0 Å². The maximum absolute atomic E-state index is 5.98. The lowest BCUT2D eigenvalue weighted by Crippen LogP contribution is -2.45. The third-order valence-corrected chi connectivity index (χ3v) is 3.79. The standard InChI is InChI=1S/C15H23ClN2/c1-12(2)11-15(18-9-7-17-8-10-18)13-3-5-14(16)6-4-13/h3-6,12,15,17H,7-11H2,1-2H3. The van der Waals surface area contributed by atoms with Crippen molar-refractivity contribution in [3.8, 4) is 0 Å². The minimum absolute atomic E-state index is 0.532. The Morgan fingerprint density at radius 1 is 1.17 bits per heavy atom. The van der Waals surface area contributed by atoms with E-state index >= 15 is 0 Å². The summed E-state index contributed by atoms with van der Waals surface area (Å²) in [5.74, 6) is 0.709. The molecule has 1 aliphatic rings. The van der Waals surface area contributed by atoms with Crippen molar-refractivity contribution in [2.45, 2.75) is 26.3 Å². The van der Waals surface area contributed by atoms with Crippen molar-refractivity contribution in [2.24, 2.45) is 5.92 Å². The third-order valence-electron chi connectivity index (χ3n) is 3.54. The molecule has 100 valence electrons. The van der Waals surface area contributed by atoms with Gasteiger partial charge in [0.25, 0.3) is 0 Å². The van der Waals surface area contributed by atoms with E-state index < -0.39 is 0 Å². The van der Waals surface area contributed by atoms with E-state index in [9.17, 15) is 0 Å². The van der Waals surface area contributed by atoms with E-state index in [-0.39, 0.29) is 0 Å². The second-order valence-corrected chi connectivity index (χ2v) is 5.92. The highest BCUT2D eigenvalue weighted by atomic mass is 35.5. The first-order valence-electron chi connectivity index (χ1n) is 6.87. The van der Waals surface area contributed by atoms with Gasteiger partial charge < -0.3 is 5.32 Å². The highest BCUT2D eigenvalue weighted by molar-refractivity contribution is 6.30. The first-order valence-corrected chi connectivity index (χ1v) is 7.25. The summed E-state index contributed by atoms with van der Waals surface area (Å²) in [5, 5.41) is 4.24. The fourth-order valence-electron chi connectivity index (χ4n) is 2.62. The molecule has 1 aliphatic heterocycles. The molecule has 2 rings (SSSR count). The molecular formula is C15H23ClN2. The molecule has 0 saturated carbocycles. The van der Waals surface area contributed by atoms with Gasteiger partial charge in [-0.25, -0.2) is 0 Å². The van der Waals surface area contributed by atoms with E-state index in [2.05, 4.69) is 36.2 Å². The molecule has 0 aliphatic carbocycles. The summed E-state index contributed by atoms with van der Waals surface area (Å²) in [6.07, 6.45) is 1.21. The SMILES string of the molecule is CC(C)CC(c1ccc(Cl)cc1)N1CCNCC1. The first kappa shape index (κ1) is 13.9. The molecular weight excluding hydrogens is 244 g/mol. The minimum atomic E-state index is 0.532. The Morgan fingerprint density at radius 3 is 2.33 bits per heavy atom. The number of rotatable bonds is 4. The molecule has 1 unspecified atom stereocenters. The van der Waals surface area contributed by atoms with Gasteiger partial charge in [0.2, 0.25) is 0 Å². The van der Waals surface area contributed by atoms with Gasteiger partial charge in [-0.15, -0.1) is 0 Å². The molecule has 0 spiro atoms. The molecule has 1 aromatic rings. The maximum atomic E-state index is 5.98. The molecule has 2 nitrogen and oxygen atoms in total. The number of halogens is 1. The van der Waals surface area contributed by atoms with Gasteiger partial charge in [0, 0.05) is 37.2 Å². The number of nitrogens with one attached hydrogen (secondary N) is 1. The van der Waals surface area contributed by atoms with Crippen molar-refractivity contribution in [1.29, 1.82) is 0 Å². The van der Waals surface area contributed by atoms with Gasteiger partial charge in [-0.2, -0.15) is 0 Å². The lowest BCUT2D eigenvalue weighted by atomic mass is 9.95. The lowest BCUT2D eigenvalue weighted by Gasteiger charge is -2.36. The van der Waals surface area contributed by atoms with Gasteiger partial charge in [-0.1, -0.05) is 37.6 Å². The van der Waals surface area contributed by atoms with Crippen LogP contribution in [0.3, 0.4) is 0 Å². The molecule has 0 aromatic heterocycles. The molecule has 1 heterocycles. The van der Waals surface area contributed by atoms with Gasteiger partial charge in [0.05, 0.1) is 0 Å². The van der Waals surface area contributed by atoms with E-state index in [1.165, 1.54) is 12.0 Å². The monoisotopic (exact) mass is 266 g/mol. The van der Waals surface area contributed by atoms with Crippen LogP contribution in [-0.2, 0) is 0 Å². The lowest BCUT2D eigenvalue weighted by molar-refractivity contribution is 0.154. The highest BCUT2D eigenvalue weighted by Gasteiger charge is 2.22. The molecule has 1 fully saturated rings. The number of hydrogen-bond donors (Lipinski definition) is 1. The molecule has 1 N–H and O–H groups in total. The van der Waals surface area contributed by atoms with Crippen LogP contribution in [0.25, 0.3) is 0 Å². The number of hydrogen-bond acceptors (Lipinski definition) is 2. The average molecular weight is 267 g/mol. The second kappa shape index (κ2) is 6.55. The fraction of sp³-hybridized carbons (Fsp3) is 0.600. The molecule has 0 amide bonds. The Labute approximate surface area is 115 Å². The molecule has 1 atom stereocenters. The van der Waals surface area contributed by atoms with Crippen molar-refractivity contribution in [3.05, 3.63) is 34.9 Å². The van der Waals surface area contributed by atoms with Gasteiger partial charge in [-0.3, -0.25) is 4.90 Å². The van der Waals surface area contributed by atoms with Gasteiger partial charge >= 0.3 is 0 Å². The van der Waals surface area contributed by atoms with Crippen LogP contribution in [0.15, 0.2) is 24.3 Å². The van der Waals surface area contributed by atoms with Gasteiger partial charge in [0.15, 0.2) is 0 Å². The van der Waals surface area contributed by atoms with Crippen molar-refractivity contribution >= 4 is 11.6 Å². The van der Waals surface area contributed by atoms with Crippen molar-refractivity contribution in [3.63, 3.8) is 0 Å².